The molecule has 1 aromatic carbocycles. The van der Waals surface area contributed by atoms with Crippen LogP contribution in [0.15, 0.2) is 18.2 Å². The quantitative estimate of drug-likeness (QED) is 0.892. The molecule has 0 aliphatic heterocycles. The zero-order valence-corrected chi connectivity index (χ0v) is 13.0. The number of nitrogens with zero attached hydrogens (tertiary/aromatic N) is 1. The van der Waals surface area contributed by atoms with Crippen molar-refractivity contribution in [2.45, 2.75) is 58.4 Å². The fourth-order valence-corrected chi connectivity index (χ4v) is 3.51. The number of pyridine rings is 1. The van der Waals surface area contributed by atoms with Gasteiger partial charge in [0.05, 0.1) is 5.52 Å². The topological polar surface area (TPSA) is 38.9 Å². The standard InChI is InChI=1S/C18H24N2/c1-11(2)12-7-5-9-14-16(18(3,4)19)13-8-6-10-15(13)20-17(12)14/h5,7,9,11H,6,8,10,19H2,1-4H3. The Labute approximate surface area is 121 Å². The third kappa shape index (κ3) is 2.03. The third-order valence-electron chi connectivity index (χ3n) is 4.34. The number of fused-ring (bicyclic) bond motifs is 2. The number of aromatic nitrogens is 1. The van der Waals surface area contributed by atoms with Gasteiger partial charge in [-0.05, 0) is 55.7 Å². The van der Waals surface area contributed by atoms with E-state index in [2.05, 4.69) is 45.9 Å². The Balaban J connectivity index is 2.44. The molecule has 20 heavy (non-hydrogen) atoms. The van der Waals surface area contributed by atoms with Crippen molar-refractivity contribution in [2.24, 2.45) is 5.73 Å². The van der Waals surface area contributed by atoms with Gasteiger partial charge in [0, 0.05) is 16.6 Å². The summed E-state index contributed by atoms with van der Waals surface area (Å²) in [4.78, 5) is 5.00. The van der Waals surface area contributed by atoms with Crippen LogP contribution in [0.2, 0.25) is 0 Å². The summed E-state index contributed by atoms with van der Waals surface area (Å²) in [7, 11) is 0. The lowest BCUT2D eigenvalue weighted by Crippen LogP contribution is -2.30. The summed E-state index contributed by atoms with van der Waals surface area (Å²) < 4.78 is 0. The summed E-state index contributed by atoms with van der Waals surface area (Å²) in [5.74, 6) is 0.486. The Bertz CT molecular complexity index is 663. The van der Waals surface area contributed by atoms with Crippen LogP contribution in [0.25, 0.3) is 10.9 Å². The second-order valence-corrected chi connectivity index (χ2v) is 6.89. The van der Waals surface area contributed by atoms with Crippen LogP contribution >= 0.6 is 0 Å². The van der Waals surface area contributed by atoms with Crippen molar-refractivity contribution in [3.05, 3.63) is 40.6 Å². The minimum atomic E-state index is -0.314. The highest BCUT2D eigenvalue weighted by molar-refractivity contribution is 5.88. The lowest BCUT2D eigenvalue weighted by Gasteiger charge is -2.26. The molecule has 106 valence electrons. The maximum absolute atomic E-state index is 6.49. The van der Waals surface area contributed by atoms with E-state index in [-0.39, 0.29) is 5.54 Å². The van der Waals surface area contributed by atoms with E-state index < -0.39 is 0 Å². The number of hydrogen-bond donors (Lipinski definition) is 1. The lowest BCUT2D eigenvalue weighted by atomic mass is 9.85. The Hall–Kier alpha value is -1.41. The van der Waals surface area contributed by atoms with Gasteiger partial charge in [-0.3, -0.25) is 4.98 Å². The second kappa shape index (κ2) is 4.56. The maximum atomic E-state index is 6.49. The monoisotopic (exact) mass is 268 g/mol. The summed E-state index contributed by atoms with van der Waals surface area (Å²) in [5, 5.41) is 1.25. The minimum Gasteiger partial charge on any atom is -0.322 e. The summed E-state index contributed by atoms with van der Waals surface area (Å²) >= 11 is 0. The molecule has 0 atom stereocenters. The lowest BCUT2D eigenvalue weighted by molar-refractivity contribution is 0.553. The van der Waals surface area contributed by atoms with Crippen LogP contribution < -0.4 is 5.73 Å². The smallest absolute Gasteiger partial charge is 0.0743 e. The molecule has 0 saturated carbocycles. The molecule has 2 aromatic rings. The van der Waals surface area contributed by atoms with Crippen LogP contribution in [-0.4, -0.2) is 4.98 Å². The fourth-order valence-electron chi connectivity index (χ4n) is 3.51. The van der Waals surface area contributed by atoms with Gasteiger partial charge in [0.2, 0.25) is 0 Å². The van der Waals surface area contributed by atoms with Crippen LogP contribution in [0.1, 0.15) is 62.4 Å². The molecule has 0 radical (unpaired) electrons. The van der Waals surface area contributed by atoms with Gasteiger partial charge < -0.3 is 5.73 Å². The van der Waals surface area contributed by atoms with E-state index in [1.165, 1.54) is 34.2 Å². The van der Waals surface area contributed by atoms with Gasteiger partial charge in [0.1, 0.15) is 0 Å². The molecule has 0 unspecified atom stereocenters. The van der Waals surface area contributed by atoms with Gasteiger partial charge in [0.15, 0.2) is 0 Å². The summed E-state index contributed by atoms with van der Waals surface area (Å²) in [6, 6.07) is 6.54. The molecule has 1 aliphatic rings. The zero-order valence-electron chi connectivity index (χ0n) is 13.0. The van der Waals surface area contributed by atoms with Gasteiger partial charge in [-0.2, -0.15) is 0 Å². The van der Waals surface area contributed by atoms with Crippen molar-refractivity contribution in [3.63, 3.8) is 0 Å². The molecular formula is C18H24N2. The van der Waals surface area contributed by atoms with Gasteiger partial charge in [0.25, 0.3) is 0 Å². The first-order chi connectivity index (χ1) is 9.39. The van der Waals surface area contributed by atoms with Crippen molar-refractivity contribution in [1.82, 2.24) is 4.98 Å². The molecule has 2 N–H and O–H groups in total. The number of nitrogens with two attached hydrogens (primary N) is 1. The molecule has 1 aromatic heterocycles. The Morgan fingerprint density at radius 2 is 1.95 bits per heavy atom. The largest absolute Gasteiger partial charge is 0.322 e. The van der Waals surface area contributed by atoms with Crippen molar-refractivity contribution in [2.75, 3.05) is 0 Å². The highest BCUT2D eigenvalue weighted by Crippen LogP contribution is 2.37. The van der Waals surface area contributed by atoms with Gasteiger partial charge >= 0.3 is 0 Å². The number of rotatable bonds is 2. The van der Waals surface area contributed by atoms with E-state index in [9.17, 15) is 0 Å². The molecule has 0 saturated heterocycles. The number of para-hydroxylation sites is 1. The highest BCUT2D eigenvalue weighted by Gasteiger charge is 2.27. The van der Waals surface area contributed by atoms with Crippen LogP contribution in [0.5, 0.6) is 0 Å². The van der Waals surface area contributed by atoms with Crippen LogP contribution in [0, 0.1) is 0 Å². The third-order valence-corrected chi connectivity index (χ3v) is 4.34. The second-order valence-electron chi connectivity index (χ2n) is 6.89. The summed E-state index contributed by atoms with van der Waals surface area (Å²) in [6.45, 7) is 8.69. The molecule has 3 rings (SSSR count). The molecule has 2 heteroatoms. The van der Waals surface area contributed by atoms with E-state index in [0.717, 1.165) is 18.4 Å². The van der Waals surface area contributed by atoms with Crippen molar-refractivity contribution < 1.29 is 0 Å². The first-order valence-corrected chi connectivity index (χ1v) is 7.63. The van der Waals surface area contributed by atoms with E-state index >= 15 is 0 Å². The number of benzene rings is 1. The van der Waals surface area contributed by atoms with Crippen molar-refractivity contribution >= 4 is 10.9 Å². The average molecular weight is 268 g/mol. The summed E-state index contributed by atoms with van der Waals surface area (Å²) in [6.07, 6.45) is 3.43. The molecule has 1 heterocycles. The fraction of sp³-hybridized carbons (Fsp3) is 0.500. The number of aryl methyl sites for hydroxylation is 1. The van der Waals surface area contributed by atoms with Gasteiger partial charge in [-0.25, -0.2) is 0 Å². The molecule has 0 amide bonds. The van der Waals surface area contributed by atoms with E-state index in [1.54, 1.807) is 0 Å². The number of hydrogen-bond acceptors (Lipinski definition) is 2. The van der Waals surface area contributed by atoms with Gasteiger partial charge in [-0.15, -0.1) is 0 Å². The Morgan fingerprint density at radius 1 is 1.20 bits per heavy atom. The van der Waals surface area contributed by atoms with Crippen LogP contribution in [0.4, 0.5) is 0 Å². The average Bonchev–Trinajstić information content (AvgIpc) is 2.80. The molecule has 2 nitrogen and oxygen atoms in total. The first-order valence-electron chi connectivity index (χ1n) is 7.63. The first kappa shape index (κ1) is 13.6. The molecule has 0 fully saturated rings. The van der Waals surface area contributed by atoms with Crippen LogP contribution in [0.3, 0.4) is 0 Å². The molecular weight excluding hydrogens is 244 g/mol. The van der Waals surface area contributed by atoms with Crippen LogP contribution in [-0.2, 0) is 18.4 Å². The van der Waals surface area contributed by atoms with E-state index in [4.69, 9.17) is 10.7 Å². The Kier molecular flexibility index (Phi) is 3.09. The van der Waals surface area contributed by atoms with E-state index in [1.807, 2.05) is 0 Å². The van der Waals surface area contributed by atoms with Gasteiger partial charge in [-0.1, -0.05) is 32.0 Å². The van der Waals surface area contributed by atoms with E-state index in [0.29, 0.717) is 5.92 Å². The van der Waals surface area contributed by atoms with Crippen molar-refractivity contribution in [3.8, 4) is 0 Å². The van der Waals surface area contributed by atoms with Crippen molar-refractivity contribution in [1.29, 1.82) is 0 Å². The highest BCUT2D eigenvalue weighted by atomic mass is 14.8. The molecule has 0 spiro atoms. The molecule has 0 bridgehead atoms. The Morgan fingerprint density at radius 3 is 2.60 bits per heavy atom. The SMILES string of the molecule is CC(C)c1cccc2c(C(C)(C)N)c3c(nc12)CCC3. The zero-order chi connectivity index (χ0) is 14.5. The predicted octanol–water partition coefficient (Wildman–Crippen LogP) is 4.04. The minimum absolute atomic E-state index is 0.314. The maximum Gasteiger partial charge on any atom is 0.0743 e. The summed E-state index contributed by atoms with van der Waals surface area (Å²) in [5.41, 5.74) is 12.7. The normalized spacial score (nSPS) is 15.1. The predicted molar refractivity (Wildman–Crippen MR) is 85.1 cm³/mol. The molecule has 1 aliphatic carbocycles.